The van der Waals surface area contributed by atoms with E-state index in [4.69, 9.17) is 10.00 Å². The Morgan fingerprint density at radius 1 is 1.30 bits per heavy atom. The van der Waals surface area contributed by atoms with Crippen molar-refractivity contribution in [3.63, 3.8) is 0 Å². The van der Waals surface area contributed by atoms with Crippen LogP contribution in [-0.4, -0.2) is 25.0 Å². The molecule has 1 N–H and O–H groups in total. The second-order valence-electron chi connectivity index (χ2n) is 5.89. The van der Waals surface area contributed by atoms with Crippen LogP contribution in [0, 0.1) is 17.2 Å². The van der Waals surface area contributed by atoms with Gasteiger partial charge in [0.1, 0.15) is 6.04 Å². The van der Waals surface area contributed by atoms with E-state index in [0.717, 1.165) is 31.2 Å². The van der Waals surface area contributed by atoms with Crippen LogP contribution in [0.15, 0.2) is 24.3 Å². The van der Waals surface area contributed by atoms with Gasteiger partial charge in [0, 0.05) is 12.3 Å². The van der Waals surface area contributed by atoms with Gasteiger partial charge in [0.25, 0.3) is 0 Å². The van der Waals surface area contributed by atoms with Crippen molar-refractivity contribution in [1.29, 1.82) is 5.26 Å². The molecule has 0 bridgehead atoms. The number of esters is 1. The summed E-state index contributed by atoms with van der Waals surface area (Å²) in [5.74, 6) is -0.599. The van der Waals surface area contributed by atoms with E-state index in [-0.39, 0.29) is 18.2 Å². The topological polar surface area (TPSA) is 79.2 Å². The summed E-state index contributed by atoms with van der Waals surface area (Å²) in [5, 5.41) is 12.0. The van der Waals surface area contributed by atoms with Gasteiger partial charge in [-0.05, 0) is 24.5 Å². The van der Waals surface area contributed by atoms with Gasteiger partial charge in [-0.25, -0.2) is 4.79 Å². The van der Waals surface area contributed by atoms with Crippen molar-refractivity contribution in [2.45, 2.75) is 44.6 Å². The molecule has 122 valence electrons. The normalized spacial score (nSPS) is 16.2. The van der Waals surface area contributed by atoms with Gasteiger partial charge in [-0.15, -0.1) is 0 Å². The summed E-state index contributed by atoms with van der Waals surface area (Å²) in [6, 6.07) is 8.43. The summed E-state index contributed by atoms with van der Waals surface area (Å²) in [6.07, 6.45) is 5.27. The average Bonchev–Trinajstić information content (AvgIpc) is 2.61. The summed E-state index contributed by atoms with van der Waals surface area (Å²) in [4.78, 5) is 24.4. The molecule has 0 spiro atoms. The first kappa shape index (κ1) is 17.0. The van der Waals surface area contributed by atoms with Crippen molar-refractivity contribution in [1.82, 2.24) is 5.32 Å². The van der Waals surface area contributed by atoms with Crippen LogP contribution in [0.1, 0.15) is 43.2 Å². The summed E-state index contributed by atoms with van der Waals surface area (Å²) in [6.45, 7) is 0. The molecule has 0 unspecified atom stereocenters. The SMILES string of the molecule is COC(=O)[C@H](Cc1ccccc1C#N)NC(=O)C1CCCCC1. The standard InChI is InChI=1S/C18H22N2O3/c1-23-18(22)16(11-14-9-5-6-10-15(14)12-19)20-17(21)13-7-3-2-4-8-13/h5-6,9-10,13,16H,2-4,7-8,11H2,1H3,(H,20,21)/t16-/m0/s1. The average molecular weight is 314 g/mol. The Kier molecular flexibility index (Phi) is 6.16. The molecule has 1 aromatic rings. The predicted octanol–water partition coefficient (Wildman–Crippen LogP) is 2.34. The van der Waals surface area contributed by atoms with Crippen LogP contribution in [0.5, 0.6) is 0 Å². The van der Waals surface area contributed by atoms with Crippen molar-refractivity contribution in [3.8, 4) is 6.07 Å². The Bertz CT molecular complexity index is 601. The van der Waals surface area contributed by atoms with Crippen molar-refractivity contribution in [3.05, 3.63) is 35.4 Å². The molecule has 23 heavy (non-hydrogen) atoms. The first-order valence-corrected chi connectivity index (χ1v) is 8.02. The maximum Gasteiger partial charge on any atom is 0.328 e. The molecule has 2 rings (SSSR count). The lowest BCUT2D eigenvalue weighted by atomic mass is 9.88. The minimum Gasteiger partial charge on any atom is -0.467 e. The molecule has 0 radical (unpaired) electrons. The molecule has 1 saturated carbocycles. The Hall–Kier alpha value is -2.35. The number of carbonyl (C=O) groups excluding carboxylic acids is 2. The Morgan fingerprint density at radius 3 is 2.65 bits per heavy atom. The zero-order chi connectivity index (χ0) is 16.7. The van der Waals surface area contributed by atoms with Crippen LogP contribution in [-0.2, 0) is 20.7 Å². The Morgan fingerprint density at radius 2 is 2.00 bits per heavy atom. The quantitative estimate of drug-likeness (QED) is 0.846. The number of benzene rings is 1. The molecule has 5 nitrogen and oxygen atoms in total. The first-order valence-electron chi connectivity index (χ1n) is 8.02. The van der Waals surface area contributed by atoms with Crippen LogP contribution in [0.25, 0.3) is 0 Å². The second-order valence-corrected chi connectivity index (χ2v) is 5.89. The summed E-state index contributed by atoms with van der Waals surface area (Å²) < 4.78 is 4.81. The van der Waals surface area contributed by atoms with Gasteiger partial charge in [-0.3, -0.25) is 4.79 Å². The zero-order valence-electron chi connectivity index (χ0n) is 13.4. The molecule has 0 aromatic heterocycles. The summed E-state index contributed by atoms with van der Waals surface area (Å²) >= 11 is 0. The fourth-order valence-corrected chi connectivity index (χ4v) is 3.02. The van der Waals surface area contributed by atoms with Crippen LogP contribution >= 0.6 is 0 Å². The maximum atomic E-state index is 12.4. The number of methoxy groups -OCH3 is 1. The molecule has 1 fully saturated rings. The molecule has 5 heteroatoms. The van der Waals surface area contributed by atoms with Crippen molar-refractivity contribution in [2.75, 3.05) is 7.11 Å². The number of nitrogens with one attached hydrogen (secondary N) is 1. The maximum absolute atomic E-state index is 12.4. The minimum absolute atomic E-state index is 0.0258. The van der Waals surface area contributed by atoms with Crippen LogP contribution < -0.4 is 5.32 Å². The number of carbonyl (C=O) groups is 2. The van der Waals surface area contributed by atoms with Crippen LogP contribution in [0.3, 0.4) is 0 Å². The number of nitrogens with zero attached hydrogens (tertiary/aromatic N) is 1. The van der Waals surface area contributed by atoms with Crippen LogP contribution in [0.4, 0.5) is 0 Å². The number of hydrogen-bond donors (Lipinski definition) is 1. The zero-order valence-corrected chi connectivity index (χ0v) is 13.4. The highest BCUT2D eigenvalue weighted by Crippen LogP contribution is 2.24. The highest BCUT2D eigenvalue weighted by atomic mass is 16.5. The molecule has 0 saturated heterocycles. The second kappa shape index (κ2) is 8.33. The van der Waals surface area contributed by atoms with E-state index in [1.54, 1.807) is 18.2 Å². The third-order valence-electron chi connectivity index (χ3n) is 4.34. The van der Waals surface area contributed by atoms with Gasteiger partial charge in [0.05, 0.1) is 18.7 Å². The van der Waals surface area contributed by atoms with Crippen molar-refractivity contribution < 1.29 is 14.3 Å². The largest absolute Gasteiger partial charge is 0.467 e. The monoisotopic (exact) mass is 314 g/mol. The van der Waals surface area contributed by atoms with Gasteiger partial charge in [-0.2, -0.15) is 5.26 Å². The van der Waals surface area contributed by atoms with Gasteiger partial charge in [-0.1, -0.05) is 37.5 Å². The Labute approximate surface area is 136 Å². The molecular formula is C18H22N2O3. The molecule has 1 atom stereocenters. The molecular weight excluding hydrogens is 292 g/mol. The van der Waals surface area contributed by atoms with Crippen molar-refractivity contribution in [2.24, 2.45) is 5.92 Å². The first-order chi connectivity index (χ1) is 11.2. The van der Waals surface area contributed by atoms with Gasteiger partial charge >= 0.3 is 5.97 Å². The van der Waals surface area contributed by atoms with Gasteiger partial charge in [0.2, 0.25) is 5.91 Å². The molecule has 0 heterocycles. The number of amides is 1. The molecule has 1 aliphatic rings. The molecule has 1 aromatic carbocycles. The summed E-state index contributed by atoms with van der Waals surface area (Å²) in [7, 11) is 1.30. The van der Waals surface area contributed by atoms with E-state index in [2.05, 4.69) is 11.4 Å². The number of hydrogen-bond acceptors (Lipinski definition) is 4. The third-order valence-corrected chi connectivity index (χ3v) is 4.34. The fourth-order valence-electron chi connectivity index (χ4n) is 3.02. The van der Waals surface area contributed by atoms with Gasteiger partial charge < -0.3 is 10.1 Å². The van der Waals surface area contributed by atoms with Crippen molar-refractivity contribution >= 4 is 11.9 Å². The number of rotatable bonds is 5. The highest BCUT2D eigenvalue weighted by Gasteiger charge is 2.27. The lowest BCUT2D eigenvalue weighted by Gasteiger charge is -2.24. The number of ether oxygens (including phenoxy) is 1. The van der Waals surface area contributed by atoms with E-state index >= 15 is 0 Å². The highest BCUT2D eigenvalue weighted by molar-refractivity contribution is 5.86. The van der Waals surface area contributed by atoms with Crippen LogP contribution in [0.2, 0.25) is 0 Å². The number of nitriles is 1. The minimum atomic E-state index is -0.760. The lowest BCUT2D eigenvalue weighted by molar-refractivity contribution is -0.145. The van der Waals surface area contributed by atoms with E-state index in [0.29, 0.717) is 5.56 Å². The predicted molar refractivity (Wildman–Crippen MR) is 85.4 cm³/mol. The molecule has 1 aliphatic carbocycles. The van der Waals surface area contributed by atoms with E-state index in [1.165, 1.54) is 13.5 Å². The van der Waals surface area contributed by atoms with E-state index in [1.807, 2.05) is 6.07 Å². The fraction of sp³-hybridized carbons (Fsp3) is 0.500. The third kappa shape index (κ3) is 4.56. The Balaban J connectivity index is 2.09. The lowest BCUT2D eigenvalue weighted by Crippen LogP contribution is -2.46. The van der Waals surface area contributed by atoms with Gasteiger partial charge in [0.15, 0.2) is 0 Å². The van der Waals surface area contributed by atoms with E-state index < -0.39 is 12.0 Å². The summed E-state index contributed by atoms with van der Waals surface area (Å²) in [5.41, 5.74) is 1.24. The molecule has 1 amide bonds. The smallest absolute Gasteiger partial charge is 0.328 e. The van der Waals surface area contributed by atoms with E-state index in [9.17, 15) is 9.59 Å². The molecule has 0 aliphatic heterocycles.